The van der Waals surface area contributed by atoms with Gasteiger partial charge >= 0.3 is 0 Å². The molecule has 0 radical (unpaired) electrons. The number of halogens is 1. The molecule has 6 aromatic rings. The highest BCUT2D eigenvalue weighted by molar-refractivity contribution is 7.23. The van der Waals surface area contributed by atoms with Crippen molar-refractivity contribution < 1.29 is 9.13 Å². The molecule has 0 N–H and O–H groups in total. The minimum Gasteiger partial charge on any atom is -0.485 e. The lowest BCUT2D eigenvalue weighted by atomic mass is 10.1. The highest BCUT2D eigenvalue weighted by Crippen LogP contribution is 2.40. The van der Waals surface area contributed by atoms with E-state index in [0.29, 0.717) is 35.6 Å². The number of para-hydroxylation sites is 1. The molecule has 0 saturated heterocycles. The first kappa shape index (κ1) is 28.7. The largest absolute Gasteiger partial charge is 0.485 e. The number of benzene rings is 3. The Morgan fingerprint density at radius 2 is 1.58 bits per heavy atom. The van der Waals surface area contributed by atoms with E-state index in [2.05, 4.69) is 18.0 Å². The van der Waals surface area contributed by atoms with Crippen LogP contribution in [0.3, 0.4) is 0 Å². The van der Waals surface area contributed by atoms with E-state index in [4.69, 9.17) is 9.72 Å². The summed E-state index contributed by atoms with van der Waals surface area (Å²) in [5.41, 5.74) is 4.52. The zero-order valence-corrected chi connectivity index (χ0v) is 25.8. The second-order valence-electron chi connectivity index (χ2n) is 10.3. The Labute approximate surface area is 257 Å². The van der Waals surface area contributed by atoms with Crippen LogP contribution in [-0.4, -0.2) is 14.5 Å². The molecule has 0 atom stereocenters. The third kappa shape index (κ3) is 6.07. The molecule has 216 valence electrons. The Hall–Kier alpha value is -4.40. The summed E-state index contributed by atoms with van der Waals surface area (Å²) in [5, 5.41) is 0.996. The van der Waals surface area contributed by atoms with E-state index >= 15 is 4.39 Å². The fourth-order valence-corrected chi connectivity index (χ4v) is 7.32. The topological polar surface area (TPSA) is 57.0 Å². The number of aryl methyl sites for hydroxylation is 4. The van der Waals surface area contributed by atoms with Crippen molar-refractivity contribution in [2.45, 2.75) is 40.3 Å². The van der Waals surface area contributed by atoms with Gasteiger partial charge < -0.3 is 4.74 Å². The summed E-state index contributed by atoms with van der Waals surface area (Å²) >= 11 is 3.21. The summed E-state index contributed by atoms with van der Waals surface area (Å²) in [7, 11) is 0. The highest BCUT2D eigenvalue weighted by atomic mass is 32.1. The number of thiophene rings is 1. The fraction of sp³-hybridized carbons (Fsp3) is 0.171. The first-order valence-electron chi connectivity index (χ1n) is 14.0. The van der Waals surface area contributed by atoms with Crippen LogP contribution >= 0.6 is 22.7 Å². The SMILES string of the molecule is Cc1ncc(-c2sc(-c3c(C)nc(-c4cccc(F)c4OCc4ccccc4)n(CCc4ccccc4)c3=O)cc2C)s1. The second kappa shape index (κ2) is 12.5. The molecular weight excluding hydrogens is 578 g/mol. The fourth-order valence-electron chi connectivity index (χ4n) is 5.12. The minimum absolute atomic E-state index is 0.0775. The van der Waals surface area contributed by atoms with Gasteiger partial charge in [-0.3, -0.25) is 9.36 Å². The van der Waals surface area contributed by atoms with Crippen molar-refractivity contribution >= 4 is 22.7 Å². The number of thiazole rings is 1. The van der Waals surface area contributed by atoms with Crippen LogP contribution in [0.15, 0.2) is 95.9 Å². The lowest BCUT2D eigenvalue weighted by Gasteiger charge is -2.18. The number of ether oxygens (including phenoxy) is 1. The van der Waals surface area contributed by atoms with Crippen molar-refractivity contribution in [3.05, 3.63) is 135 Å². The first-order chi connectivity index (χ1) is 20.9. The third-order valence-corrected chi connectivity index (χ3v) is 9.61. The highest BCUT2D eigenvalue weighted by Gasteiger charge is 2.23. The van der Waals surface area contributed by atoms with Crippen LogP contribution in [0.5, 0.6) is 5.75 Å². The molecule has 6 rings (SSSR count). The molecule has 0 saturated carbocycles. The Morgan fingerprint density at radius 1 is 0.860 bits per heavy atom. The molecule has 0 spiro atoms. The Bertz CT molecular complexity index is 1950. The molecule has 0 unspecified atom stereocenters. The summed E-state index contributed by atoms with van der Waals surface area (Å²) in [6, 6.07) is 26.4. The Kier molecular flexibility index (Phi) is 8.31. The molecule has 3 heterocycles. The maximum Gasteiger partial charge on any atom is 0.262 e. The summed E-state index contributed by atoms with van der Waals surface area (Å²) in [5.74, 6) is -0.0394. The van der Waals surface area contributed by atoms with Gasteiger partial charge in [-0.1, -0.05) is 66.7 Å². The molecule has 5 nitrogen and oxygen atoms in total. The molecule has 0 aliphatic rings. The van der Waals surface area contributed by atoms with Gasteiger partial charge in [0.05, 0.1) is 26.7 Å². The van der Waals surface area contributed by atoms with Gasteiger partial charge in [0.2, 0.25) is 0 Å². The Morgan fingerprint density at radius 3 is 2.28 bits per heavy atom. The number of aromatic nitrogens is 3. The van der Waals surface area contributed by atoms with Crippen LogP contribution in [0.2, 0.25) is 0 Å². The molecule has 0 aliphatic heterocycles. The first-order valence-corrected chi connectivity index (χ1v) is 15.7. The van der Waals surface area contributed by atoms with Crippen molar-refractivity contribution in [3.8, 4) is 37.3 Å². The van der Waals surface area contributed by atoms with E-state index in [1.54, 1.807) is 39.4 Å². The van der Waals surface area contributed by atoms with Gasteiger partial charge in [-0.2, -0.15) is 0 Å². The summed E-state index contributed by atoms with van der Waals surface area (Å²) in [4.78, 5) is 26.9. The van der Waals surface area contributed by atoms with E-state index in [9.17, 15) is 4.79 Å². The predicted molar refractivity (Wildman–Crippen MR) is 173 cm³/mol. The summed E-state index contributed by atoms with van der Waals surface area (Å²) < 4.78 is 23.1. The normalized spacial score (nSPS) is 11.2. The smallest absolute Gasteiger partial charge is 0.262 e. The lowest BCUT2D eigenvalue weighted by molar-refractivity contribution is 0.291. The second-order valence-corrected chi connectivity index (χ2v) is 12.6. The molecule has 0 aliphatic carbocycles. The molecule has 3 aromatic heterocycles. The van der Waals surface area contributed by atoms with Gasteiger partial charge in [0.15, 0.2) is 11.6 Å². The van der Waals surface area contributed by atoms with Gasteiger partial charge in [0.25, 0.3) is 5.56 Å². The monoisotopic (exact) mass is 607 g/mol. The van der Waals surface area contributed by atoms with Crippen LogP contribution in [-0.2, 0) is 19.6 Å². The molecule has 0 fully saturated rings. The van der Waals surface area contributed by atoms with Crippen LogP contribution < -0.4 is 10.3 Å². The van der Waals surface area contributed by atoms with Gasteiger partial charge in [-0.25, -0.2) is 14.4 Å². The number of hydrogen-bond acceptors (Lipinski definition) is 6. The van der Waals surface area contributed by atoms with Crippen LogP contribution in [0.25, 0.3) is 31.6 Å². The van der Waals surface area contributed by atoms with Gasteiger partial charge in [-0.05, 0) is 62.1 Å². The average molecular weight is 608 g/mol. The van der Waals surface area contributed by atoms with Crippen LogP contribution in [0, 0.1) is 26.6 Å². The van der Waals surface area contributed by atoms with E-state index in [0.717, 1.165) is 36.3 Å². The molecule has 43 heavy (non-hydrogen) atoms. The van der Waals surface area contributed by atoms with Gasteiger partial charge in [-0.15, -0.1) is 22.7 Å². The number of hydrogen-bond donors (Lipinski definition) is 0. The standard InChI is InChI=1S/C35H30FN3O2S2/c1-22-19-29(43-33(22)30-20-37-24(3)42-30)31-23(2)38-34(39(35(31)40)18-17-25-11-6-4-7-12-25)27-15-10-16-28(36)32(27)41-21-26-13-8-5-9-14-26/h4-16,19-20H,17-18,21H2,1-3H3. The van der Waals surface area contributed by atoms with E-state index in [-0.39, 0.29) is 17.9 Å². The Balaban J connectivity index is 1.47. The van der Waals surface area contributed by atoms with E-state index in [1.807, 2.05) is 80.7 Å². The summed E-state index contributed by atoms with van der Waals surface area (Å²) in [6.45, 7) is 6.45. The summed E-state index contributed by atoms with van der Waals surface area (Å²) in [6.07, 6.45) is 2.50. The van der Waals surface area contributed by atoms with Crippen molar-refractivity contribution in [1.29, 1.82) is 0 Å². The molecule has 8 heteroatoms. The van der Waals surface area contributed by atoms with Crippen LogP contribution in [0.1, 0.15) is 27.4 Å². The van der Waals surface area contributed by atoms with Gasteiger partial charge in [0, 0.05) is 22.5 Å². The van der Waals surface area contributed by atoms with Crippen molar-refractivity contribution in [1.82, 2.24) is 14.5 Å². The third-order valence-electron chi connectivity index (χ3n) is 7.26. The number of rotatable bonds is 9. The van der Waals surface area contributed by atoms with Crippen molar-refractivity contribution in [2.75, 3.05) is 0 Å². The molecule has 0 amide bonds. The lowest BCUT2D eigenvalue weighted by Crippen LogP contribution is -2.27. The predicted octanol–water partition coefficient (Wildman–Crippen LogP) is 8.65. The quantitative estimate of drug-likeness (QED) is 0.165. The van der Waals surface area contributed by atoms with Crippen molar-refractivity contribution in [3.63, 3.8) is 0 Å². The van der Waals surface area contributed by atoms with Crippen LogP contribution in [0.4, 0.5) is 4.39 Å². The molecular formula is C35H30FN3O2S2. The average Bonchev–Trinajstić information content (AvgIpc) is 3.61. The zero-order chi connectivity index (χ0) is 29.9. The number of nitrogens with zero attached hydrogens (tertiary/aromatic N) is 3. The minimum atomic E-state index is -0.502. The van der Waals surface area contributed by atoms with Crippen molar-refractivity contribution in [2.24, 2.45) is 0 Å². The maximum absolute atomic E-state index is 15.3. The van der Waals surface area contributed by atoms with Gasteiger partial charge in [0.1, 0.15) is 12.4 Å². The molecule has 3 aromatic carbocycles. The zero-order valence-electron chi connectivity index (χ0n) is 24.1. The van der Waals surface area contributed by atoms with E-state index < -0.39 is 5.82 Å². The van der Waals surface area contributed by atoms with E-state index in [1.165, 1.54) is 6.07 Å². The molecule has 0 bridgehead atoms. The maximum atomic E-state index is 15.3.